The number of benzene rings is 1. The molecule has 0 unspecified atom stereocenters. The highest BCUT2D eigenvalue weighted by Gasteiger charge is 2.20. The number of rotatable bonds is 8. The molecule has 0 bridgehead atoms. The second kappa shape index (κ2) is 9.55. The SMILES string of the molecule is CNCCN(C)C(=O)c1cc(NS(C)(=O)=O)c(OC)c(OC)c1.Cl. The Morgan fingerprint density at radius 3 is 2.33 bits per heavy atom. The summed E-state index contributed by atoms with van der Waals surface area (Å²) in [6.45, 7) is 1.16. The lowest BCUT2D eigenvalue weighted by molar-refractivity contribution is 0.0796. The first kappa shape index (κ1) is 22.3. The number of nitrogens with zero attached hydrogens (tertiary/aromatic N) is 1. The Hall–Kier alpha value is -1.71. The minimum atomic E-state index is -3.53. The maximum Gasteiger partial charge on any atom is 0.253 e. The summed E-state index contributed by atoms with van der Waals surface area (Å²) in [6.07, 6.45) is 1.02. The van der Waals surface area contributed by atoms with Gasteiger partial charge in [-0.2, -0.15) is 0 Å². The standard InChI is InChI=1S/C14H23N3O5S.ClH/c1-15-6-7-17(2)14(18)10-8-11(16-23(5,19)20)13(22-4)12(9-10)21-3;/h8-9,15-16H,6-7H2,1-5H3;1H. The highest BCUT2D eigenvalue weighted by atomic mass is 35.5. The molecule has 0 aliphatic heterocycles. The molecule has 0 saturated heterocycles. The van der Waals surface area contributed by atoms with Crippen LogP contribution >= 0.6 is 12.4 Å². The number of sulfonamides is 1. The quantitative estimate of drug-likeness (QED) is 0.691. The fraction of sp³-hybridized carbons (Fsp3) is 0.500. The van der Waals surface area contributed by atoms with Crippen LogP contribution in [0, 0.1) is 0 Å². The fourth-order valence-corrected chi connectivity index (χ4v) is 2.52. The number of methoxy groups -OCH3 is 2. The van der Waals surface area contributed by atoms with Crippen molar-refractivity contribution in [1.82, 2.24) is 10.2 Å². The summed E-state index contributed by atoms with van der Waals surface area (Å²) >= 11 is 0. The van der Waals surface area contributed by atoms with Gasteiger partial charge in [-0.1, -0.05) is 0 Å². The maximum atomic E-state index is 12.5. The first-order chi connectivity index (χ1) is 10.7. The van der Waals surface area contributed by atoms with Crippen molar-refractivity contribution in [2.75, 3.05) is 52.4 Å². The Kier molecular flexibility index (Phi) is 8.87. The van der Waals surface area contributed by atoms with E-state index in [1.54, 1.807) is 14.1 Å². The molecule has 138 valence electrons. The van der Waals surface area contributed by atoms with Crippen LogP contribution in [0.15, 0.2) is 12.1 Å². The normalized spacial score (nSPS) is 10.5. The van der Waals surface area contributed by atoms with Crippen molar-refractivity contribution in [3.63, 3.8) is 0 Å². The number of hydrogen-bond acceptors (Lipinski definition) is 6. The molecule has 0 radical (unpaired) electrons. The van der Waals surface area contributed by atoms with Gasteiger partial charge in [0, 0.05) is 25.7 Å². The molecule has 0 spiro atoms. The van der Waals surface area contributed by atoms with Crippen molar-refractivity contribution in [2.24, 2.45) is 0 Å². The van der Waals surface area contributed by atoms with E-state index in [2.05, 4.69) is 10.0 Å². The number of anilines is 1. The first-order valence-corrected chi connectivity index (χ1v) is 8.76. The Labute approximate surface area is 149 Å². The highest BCUT2D eigenvalue weighted by molar-refractivity contribution is 7.92. The van der Waals surface area contributed by atoms with Crippen molar-refractivity contribution in [2.45, 2.75) is 0 Å². The van der Waals surface area contributed by atoms with E-state index in [0.29, 0.717) is 18.7 Å². The number of carbonyl (C=O) groups excluding carboxylic acids is 1. The Bertz CT molecular complexity index is 667. The number of amides is 1. The first-order valence-electron chi connectivity index (χ1n) is 6.87. The molecule has 2 N–H and O–H groups in total. The van der Waals surface area contributed by atoms with Crippen LogP contribution in [0.3, 0.4) is 0 Å². The summed E-state index contributed by atoms with van der Waals surface area (Å²) in [5, 5.41) is 2.96. The average molecular weight is 382 g/mol. The molecule has 0 atom stereocenters. The fourth-order valence-electron chi connectivity index (χ4n) is 1.96. The summed E-state index contributed by atoms with van der Waals surface area (Å²) < 4.78 is 35.8. The molecule has 0 aliphatic rings. The molecule has 1 amide bonds. The van der Waals surface area contributed by atoms with E-state index in [0.717, 1.165) is 6.26 Å². The van der Waals surface area contributed by atoms with E-state index in [1.807, 2.05) is 0 Å². The third-order valence-corrected chi connectivity index (χ3v) is 3.66. The zero-order valence-corrected chi connectivity index (χ0v) is 16.0. The van der Waals surface area contributed by atoms with Crippen molar-refractivity contribution >= 4 is 34.0 Å². The molecule has 1 aromatic rings. The Balaban J connectivity index is 0.00000529. The number of ether oxygens (including phenoxy) is 2. The van der Waals surface area contributed by atoms with E-state index in [-0.39, 0.29) is 35.5 Å². The summed E-state index contributed by atoms with van der Waals surface area (Å²) in [5.41, 5.74) is 0.451. The molecule has 0 aromatic heterocycles. The van der Waals surface area contributed by atoms with E-state index < -0.39 is 10.0 Å². The minimum absolute atomic E-state index is 0. The zero-order chi connectivity index (χ0) is 17.6. The van der Waals surface area contributed by atoms with Gasteiger partial charge >= 0.3 is 0 Å². The molecular formula is C14H24ClN3O5S. The maximum absolute atomic E-state index is 12.5. The van der Waals surface area contributed by atoms with Crippen LogP contribution in [0.4, 0.5) is 5.69 Å². The Morgan fingerprint density at radius 1 is 1.25 bits per heavy atom. The van der Waals surface area contributed by atoms with Crippen LogP contribution in [0.5, 0.6) is 11.5 Å². The van der Waals surface area contributed by atoms with Crippen LogP contribution in [-0.4, -0.2) is 66.9 Å². The molecule has 0 saturated carbocycles. The van der Waals surface area contributed by atoms with Crippen molar-refractivity contribution < 1.29 is 22.7 Å². The number of likely N-dealkylation sites (N-methyl/N-ethyl adjacent to an activating group) is 2. The largest absolute Gasteiger partial charge is 0.493 e. The van der Waals surface area contributed by atoms with Crippen LogP contribution in [0.2, 0.25) is 0 Å². The number of hydrogen-bond donors (Lipinski definition) is 2. The lowest BCUT2D eigenvalue weighted by atomic mass is 10.1. The predicted octanol–water partition coefficient (Wildman–Crippen LogP) is 0.789. The van der Waals surface area contributed by atoms with Gasteiger partial charge in [-0.05, 0) is 19.2 Å². The molecule has 1 rings (SSSR count). The summed E-state index contributed by atoms with van der Waals surface area (Å²) in [7, 11) is 2.74. The van der Waals surface area contributed by atoms with Crippen LogP contribution < -0.4 is 19.5 Å². The van der Waals surface area contributed by atoms with Crippen molar-refractivity contribution in [3.8, 4) is 11.5 Å². The molecule has 24 heavy (non-hydrogen) atoms. The van der Waals surface area contributed by atoms with Gasteiger partial charge in [0.1, 0.15) is 0 Å². The van der Waals surface area contributed by atoms with E-state index in [1.165, 1.54) is 31.3 Å². The molecule has 0 heterocycles. The van der Waals surface area contributed by atoms with Gasteiger partial charge in [0.25, 0.3) is 5.91 Å². The number of nitrogens with one attached hydrogen (secondary N) is 2. The lowest BCUT2D eigenvalue weighted by Gasteiger charge is -2.19. The molecule has 8 nitrogen and oxygen atoms in total. The summed E-state index contributed by atoms with van der Waals surface area (Å²) in [5.74, 6) is 0.233. The topological polar surface area (TPSA) is 97.0 Å². The van der Waals surface area contributed by atoms with E-state index in [9.17, 15) is 13.2 Å². The molecule has 0 aliphatic carbocycles. The predicted molar refractivity (Wildman–Crippen MR) is 96.1 cm³/mol. The van der Waals surface area contributed by atoms with Gasteiger partial charge < -0.3 is 19.7 Å². The smallest absolute Gasteiger partial charge is 0.253 e. The molecule has 0 fully saturated rings. The summed E-state index contributed by atoms with van der Waals surface area (Å²) in [6, 6.07) is 2.95. The molecular weight excluding hydrogens is 358 g/mol. The summed E-state index contributed by atoms with van der Waals surface area (Å²) in [4.78, 5) is 14.0. The third kappa shape index (κ3) is 6.06. The van der Waals surface area contributed by atoms with Crippen molar-refractivity contribution in [1.29, 1.82) is 0 Å². The van der Waals surface area contributed by atoms with Crippen LogP contribution in [0.25, 0.3) is 0 Å². The van der Waals surface area contributed by atoms with Gasteiger partial charge in [0.05, 0.1) is 26.2 Å². The van der Waals surface area contributed by atoms with Gasteiger partial charge in [-0.15, -0.1) is 12.4 Å². The number of halogens is 1. The Morgan fingerprint density at radius 2 is 1.88 bits per heavy atom. The van der Waals surface area contributed by atoms with Gasteiger partial charge in [0.2, 0.25) is 10.0 Å². The molecule has 10 heteroatoms. The van der Waals surface area contributed by atoms with Crippen LogP contribution in [0.1, 0.15) is 10.4 Å². The zero-order valence-electron chi connectivity index (χ0n) is 14.4. The lowest BCUT2D eigenvalue weighted by Crippen LogP contribution is -2.32. The third-order valence-electron chi connectivity index (χ3n) is 3.07. The van der Waals surface area contributed by atoms with Crippen molar-refractivity contribution in [3.05, 3.63) is 17.7 Å². The monoisotopic (exact) mass is 381 g/mol. The van der Waals surface area contributed by atoms with Gasteiger partial charge in [0.15, 0.2) is 11.5 Å². The van der Waals surface area contributed by atoms with E-state index in [4.69, 9.17) is 9.47 Å². The van der Waals surface area contributed by atoms with Crippen LogP contribution in [-0.2, 0) is 10.0 Å². The van der Waals surface area contributed by atoms with E-state index >= 15 is 0 Å². The van der Waals surface area contributed by atoms with Gasteiger partial charge in [-0.25, -0.2) is 8.42 Å². The second-order valence-electron chi connectivity index (χ2n) is 4.96. The number of carbonyl (C=O) groups is 1. The minimum Gasteiger partial charge on any atom is -0.493 e. The average Bonchev–Trinajstić information content (AvgIpc) is 2.49. The second-order valence-corrected chi connectivity index (χ2v) is 6.71. The molecule has 1 aromatic carbocycles. The highest BCUT2D eigenvalue weighted by Crippen LogP contribution is 2.37. The van der Waals surface area contributed by atoms with Gasteiger partial charge in [-0.3, -0.25) is 9.52 Å².